The monoisotopic (exact) mass is 607 g/mol. The second-order valence-electron chi connectivity index (χ2n) is 9.38. The highest BCUT2D eigenvalue weighted by Gasteiger charge is 2.15. The van der Waals surface area contributed by atoms with Crippen LogP contribution in [0.3, 0.4) is 0 Å². The summed E-state index contributed by atoms with van der Waals surface area (Å²) in [6.07, 6.45) is 0.728. The van der Waals surface area contributed by atoms with Crippen molar-refractivity contribution in [1.82, 2.24) is 16.1 Å². The van der Waals surface area contributed by atoms with E-state index >= 15 is 0 Å². The summed E-state index contributed by atoms with van der Waals surface area (Å²) in [5, 5.41) is 29.7. The van der Waals surface area contributed by atoms with Crippen molar-refractivity contribution in [3.63, 3.8) is 0 Å². The average molecular weight is 609 g/mol. The molecular weight excluding hydrogens is 573 g/mol. The highest BCUT2D eigenvalue weighted by Crippen LogP contribution is 2.27. The second-order valence-corrected chi connectivity index (χ2v) is 9.78. The van der Waals surface area contributed by atoms with Gasteiger partial charge >= 0.3 is 0 Å². The first-order valence-corrected chi connectivity index (χ1v) is 13.4. The summed E-state index contributed by atoms with van der Waals surface area (Å²) < 4.78 is 16.8. The van der Waals surface area contributed by atoms with Crippen LogP contribution in [0.5, 0.6) is 17.2 Å². The number of nitriles is 1. The number of rotatable bonds is 15. The van der Waals surface area contributed by atoms with Gasteiger partial charge in [-0.25, -0.2) is 5.43 Å². The third kappa shape index (κ3) is 11.4. The topological polar surface area (TPSA) is 154 Å². The Kier molecular flexibility index (Phi) is 14.2. The summed E-state index contributed by atoms with van der Waals surface area (Å²) in [6, 6.07) is 12.3. The number of hydrogen-bond acceptors (Lipinski definition) is 9. The molecule has 0 saturated carbocycles. The SMILES string of the molecule is CC(C)NC[C@H](O)COc1ccc(OCCCNC(=O)COc2ccc(C3=NNC(=O)CC3)cc2Cl)cc1C#N.Cl. The highest BCUT2D eigenvalue weighted by atomic mass is 35.5. The van der Waals surface area contributed by atoms with Crippen LogP contribution < -0.4 is 30.3 Å². The van der Waals surface area contributed by atoms with Gasteiger partial charge in [-0.2, -0.15) is 10.4 Å². The van der Waals surface area contributed by atoms with Crippen LogP contribution in [0.4, 0.5) is 0 Å². The van der Waals surface area contributed by atoms with Crippen molar-refractivity contribution >= 4 is 41.5 Å². The van der Waals surface area contributed by atoms with E-state index in [-0.39, 0.29) is 43.5 Å². The van der Waals surface area contributed by atoms with Gasteiger partial charge in [-0.3, -0.25) is 9.59 Å². The van der Waals surface area contributed by atoms with Crippen LogP contribution >= 0.6 is 24.0 Å². The summed E-state index contributed by atoms with van der Waals surface area (Å²) in [6.45, 7) is 4.92. The Bertz CT molecular complexity index is 1250. The van der Waals surface area contributed by atoms with Crippen molar-refractivity contribution < 1.29 is 28.9 Å². The van der Waals surface area contributed by atoms with Gasteiger partial charge in [0.15, 0.2) is 6.61 Å². The number of aliphatic hydroxyl groups excluding tert-OH is 1. The number of benzene rings is 2. The molecular formula is C28H35Cl2N5O6. The lowest BCUT2D eigenvalue weighted by molar-refractivity contribution is -0.123. The Morgan fingerprint density at radius 3 is 2.63 bits per heavy atom. The van der Waals surface area contributed by atoms with Gasteiger partial charge in [0.1, 0.15) is 36.0 Å². The van der Waals surface area contributed by atoms with Crippen molar-refractivity contribution in [1.29, 1.82) is 5.26 Å². The summed E-state index contributed by atoms with van der Waals surface area (Å²) in [5.41, 5.74) is 4.26. The summed E-state index contributed by atoms with van der Waals surface area (Å²) in [5.74, 6) is 0.811. The molecule has 2 amide bonds. The van der Waals surface area contributed by atoms with E-state index in [4.69, 9.17) is 25.8 Å². The number of amides is 2. The molecule has 4 N–H and O–H groups in total. The number of nitrogens with one attached hydrogen (secondary N) is 3. The Hall–Kier alpha value is -3.56. The molecule has 1 heterocycles. The van der Waals surface area contributed by atoms with E-state index in [1.54, 1.807) is 36.4 Å². The predicted octanol–water partition coefficient (Wildman–Crippen LogP) is 2.95. The normalized spacial score (nSPS) is 13.3. The molecule has 1 aliphatic heterocycles. The van der Waals surface area contributed by atoms with Crippen LogP contribution in [0.2, 0.25) is 5.02 Å². The molecule has 41 heavy (non-hydrogen) atoms. The fourth-order valence-electron chi connectivity index (χ4n) is 3.59. The molecule has 0 unspecified atom stereocenters. The molecule has 2 aromatic carbocycles. The zero-order valence-corrected chi connectivity index (χ0v) is 24.5. The third-order valence-corrected chi connectivity index (χ3v) is 6.00. The van der Waals surface area contributed by atoms with Gasteiger partial charge in [0, 0.05) is 38.0 Å². The van der Waals surface area contributed by atoms with Gasteiger partial charge in [0.05, 0.1) is 22.9 Å². The largest absolute Gasteiger partial charge is 0.493 e. The average Bonchev–Trinajstić information content (AvgIpc) is 2.94. The quantitative estimate of drug-likeness (QED) is 0.225. The lowest BCUT2D eigenvalue weighted by Gasteiger charge is -2.16. The molecule has 3 rings (SSSR count). The van der Waals surface area contributed by atoms with Gasteiger partial charge < -0.3 is 30.0 Å². The number of aliphatic hydroxyl groups is 1. The zero-order chi connectivity index (χ0) is 28.9. The molecule has 0 aromatic heterocycles. The Balaban J connectivity index is 0.00000588. The van der Waals surface area contributed by atoms with Crippen LogP contribution in [-0.2, 0) is 9.59 Å². The molecule has 11 nitrogen and oxygen atoms in total. The number of carbonyl (C=O) groups is 2. The molecule has 0 spiro atoms. The minimum Gasteiger partial charge on any atom is -0.493 e. The van der Waals surface area contributed by atoms with Crippen LogP contribution in [0.15, 0.2) is 41.5 Å². The van der Waals surface area contributed by atoms with Crippen molar-refractivity contribution in [2.75, 3.05) is 32.9 Å². The van der Waals surface area contributed by atoms with E-state index in [1.165, 1.54) is 0 Å². The predicted molar refractivity (Wildman–Crippen MR) is 157 cm³/mol. The molecule has 0 aliphatic carbocycles. The van der Waals surface area contributed by atoms with Gasteiger partial charge in [0.25, 0.3) is 5.91 Å². The van der Waals surface area contributed by atoms with Gasteiger partial charge in [-0.1, -0.05) is 25.4 Å². The van der Waals surface area contributed by atoms with Gasteiger partial charge in [0.2, 0.25) is 5.91 Å². The maximum absolute atomic E-state index is 12.2. The molecule has 0 saturated heterocycles. The molecule has 1 atom stereocenters. The lowest BCUT2D eigenvalue weighted by atomic mass is 10.0. The minimum atomic E-state index is -0.698. The zero-order valence-electron chi connectivity index (χ0n) is 22.9. The molecule has 1 aliphatic rings. The molecule has 0 fully saturated rings. The van der Waals surface area contributed by atoms with E-state index in [0.717, 1.165) is 11.3 Å². The third-order valence-electron chi connectivity index (χ3n) is 5.70. The number of halogens is 2. The molecule has 13 heteroatoms. The van der Waals surface area contributed by atoms with E-state index in [1.807, 2.05) is 13.8 Å². The van der Waals surface area contributed by atoms with Crippen LogP contribution in [0.25, 0.3) is 0 Å². The summed E-state index contributed by atoms with van der Waals surface area (Å²) >= 11 is 6.29. The first kappa shape index (κ1) is 33.6. The fourth-order valence-corrected chi connectivity index (χ4v) is 3.83. The van der Waals surface area contributed by atoms with Gasteiger partial charge in [-0.05, 0) is 42.3 Å². The summed E-state index contributed by atoms with van der Waals surface area (Å²) in [4.78, 5) is 23.4. The van der Waals surface area contributed by atoms with Crippen LogP contribution in [-0.4, -0.2) is 67.7 Å². The Morgan fingerprint density at radius 1 is 1.17 bits per heavy atom. The van der Waals surface area contributed by atoms with Crippen molar-refractivity contribution in [2.24, 2.45) is 5.10 Å². The standard InChI is InChI=1S/C28H34ClN5O6.ClH/c1-18(2)32-15-21(35)16-39-25-8-5-22(12-20(25)14-30)38-11-3-10-31-28(37)17-40-26-7-4-19(13-23(26)29)24-6-9-27(36)34-33-24;/h4-5,7-8,12-13,18,21,32,35H,3,6,9-11,15-17H2,1-2H3,(H,31,37)(H,34,36);1H/t21-;/m0./s1. The van der Waals surface area contributed by atoms with Crippen molar-refractivity contribution in [3.05, 3.63) is 52.5 Å². The summed E-state index contributed by atoms with van der Waals surface area (Å²) in [7, 11) is 0. The smallest absolute Gasteiger partial charge is 0.257 e. The second kappa shape index (κ2) is 17.3. The van der Waals surface area contributed by atoms with Gasteiger partial charge in [-0.15, -0.1) is 12.4 Å². The molecule has 2 aromatic rings. The number of carbonyl (C=O) groups excluding carboxylic acids is 2. The van der Waals surface area contributed by atoms with E-state index in [0.29, 0.717) is 66.8 Å². The van der Waals surface area contributed by atoms with E-state index in [9.17, 15) is 20.0 Å². The Labute approximate surface area is 250 Å². The van der Waals surface area contributed by atoms with Crippen LogP contribution in [0, 0.1) is 11.3 Å². The molecule has 0 radical (unpaired) electrons. The van der Waals surface area contributed by atoms with Crippen molar-refractivity contribution in [3.8, 4) is 23.3 Å². The first-order valence-electron chi connectivity index (χ1n) is 13.0. The number of ether oxygens (including phenoxy) is 3. The number of hydrogen-bond donors (Lipinski definition) is 4. The van der Waals surface area contributed by atoms with E-state index in [2.05, 4.69) is 27.2 Å². The fraction of sp³-hybridized carbons (Fsp3) is 0.429. The van der Waals surface area contributed by atoms with E-state index < -0.39 is 6.10 Å². The maximum atomic E-state index is 12.2. The number of hydrazone groups is 1. The Morgan fingerprint density at radius 2 is 1.95 bits per heavy atom. The molecule has 0 bridgehead atoms. The minimum absolute atomic E-state index is 0. The first-order chi connectivity index (χ1) is 19.2. The van der Waals surface area contributed by atoms with Crippen molar-refractivity contribution in [2.45, 2.75) is 45.3 Å². The highest BCUT2D eigenvalue weighted by molar-refractivity contribution is 6.32. The molecule has 222 valence electrons. The maximum Gasteiger partial charge on any atom is 0.257 e. The number of nitrogens with zero attached hydrogens (tertiary/aromatic N) is 2. The lowest BCUT2D eigenvalue weighted by Crippen LogP contribution is -2.35. The van der Waals surface area contributed by atoms with Crippen LogP contribution in [0.1, 0.15) is 44.2 Å².